The van der Waals surface area contributed by atoms with E-state index in [1.807, 2.05) is 0 Å². The van der Waals surface area contributed by atoms with Crippen LogP contribution in [0.5, 0.6) is 0 Å². The van der Waals surface area contributed by atoms with Crippen LogP contribution in [0.3, 0.4) is 0 Å². The van der Waals surface area contributed by atoms with Crippen LogP contribution in [0, 0.1) is 5.41 Å². The summed E-state index contributed by atoms with van der Waals surface area (Å²) in [6.07, 6.45) is 11.7. The van der Waals surface area contributed by atoms with E-state index in [-0.39, 0.29) is 0 Å². The second-order valence-electron chi connectivity index (χ2n) is 5.26. The second-order valence-corrected chi connectivity index (χ2v) is 5.26. The third-order valence-corrected chi connectivity index (χ3v) is 2.33. The molecule has 0 saturated heterocycles. The quantitative estimate of drug-likeness (QED) is 0.533. The first-order chi connectivity index (χ1) is 6.45. The normalized spacial score (nSPS) is 13.9. The summed E-state index contributed by atoms with van der Waals surface area (Å²) < 4.78 is 0. The Kier molecular flexibility index (Phi) is 6.61. The average molecular weight is 194 g/mol. The molecule has 0 bridgehead atoms. The van der Waals surface area contributed by atoms with Crippen molar-refractivity contribution in [3.05, 3.63) is 23.8 Å². The molecular formula is C14H26. The molecule has 0 heteroatoms. The Balaban J connectivity index is 3.66. The molecule has 0 atom stereocenters. The molecule has 0 N–H and O–H groups in total. The Morgan fingerprint density at radius 1 is 1.14 bits per heavy atom. The maximum atomic E-state index is 2.40. The van der Waals surface area contributed by atoms with Crippen LogP contribution in [-0.2, 0) is 0 Å². The van der Waals surface area contributed by atoms with Gasteiger partial charge in [0, 0.05) is 0 Å². The van der Waals surface area contributed by atoms with Crippen LogP contribution >= 0.6 is 0 Å². The van der Waals surface area contributed by atoms with Crippen molar-refractivity contribution in [2.75, 3.05) is 0 Å². The summed E-state index contributed by atoms with van der Waals surface area (Å²) in [4.78, 5) is 0. The second kappa shape index (κ2) is 6.86. The smallest absolute Gasteiger partial charge is 0.0288 e. The Bertz CT molecular complexity index is 189. The largest absolute Gasteiger partial charge is 0.0917 e. The van der Waals surface area contributed by atoms with Gasteiger partial charge in [-0.1, -0.05) is 44.6 Å². The highest BCUT2D eigenvalue weighted by atomic mass is 14.1. The Labute approximate surface area is 90.1 Å². The van der Waals surface area contributed by atoms with E-state index in [1.165, 1.54) is 31.3 Å². The van der Waals surface area contributed by atoms with E-state index in [0.717, 1.165) is 0 Å². The van der Waals surface area contributed by atoms with Gasteiger partial charge in [0.15, 0.2) is 0 Å². The molecule has 0 spiro atoms. The van der Waals surface area contributed by atoms with Crippen molar-refractivity contribution in [3.63, 3.8) is 0 Å². The zero-order valence-electron chi connectivity index (χ0n) is 10.6. The van der Waals surface area contributed by atoms with E-state index in [2.05, 4.69) is 52.8 Å². The van der Waals surface area contributed by atoms with Gasteiger partial charge in [-0.15, -0.1) is 0 Å². The van der Waals surface area contributed by atoms with E-state index >= 15 is 0 Å². The van der Waals surface area contributed by atoms with Gasteiger partial charge in [-0.05, 0) is 44.9 Å². The summed E-state index contributed by atoms with van der Waals surface area (Å²) in [5.74, 6) is 0. The van der Waals surface area contributed by atoms with Gasteiger partial charge in [-0.25, -0.2) is 0 Å². The standard InChI is InChI=1S/C14H26/c1-6-7-8-10-13(2)11-9-12-14(3,4)5/h6-7,11H,8-10,12H2,1-5H3. The van der Waals surface area contributed by atoms with Crippen LogP contribution in [0.2, 0.25) is 0 Å². The van der Waals surface area contributed by atoms with Crippen molar-refractivity contribution in [1.82, 2.24) is 0 Å². The zero-order valence-corrected chi connectivity index (χ0v) is 10.6. The summed E-state index contributed by atoms with van der Waals surface area (Å²) in [6.45, 7) is 11.2. The van der Waals surface area contributed by atoms with Gasteiger partial charge in [0.1, 0.15) is 0 Å². The highest BCUT2D eigenvalue weighted by Gasteiger charge is 2.07. The molecule has 0 rings (SSSR count). The lowest BCUT2D eigenvalue weighted by molar-refractivity contribution is 0.381. The first kappa shape index (κ1) is 13.5. The van der Waals surface area contributed by atoms with Crippen LogP contribution in [0.1, 0.15) is 60.3 Å². The molecule has 0 radical (unpaired) electrons. The van der Waals surface area contributed by atoms with Crippen molar-refractivity contribution in [1.29, 1.82) is 0 Å². The number of allylic oxidation sites excluding steroid dienone is 4. The molecule has 0 aromatic heterocycles. The predicted molar refractivity (Wildman–Crippen MR) is 66.5 cm³/mol. The highest BCUT2D eigenvalue weighted by molar-refractivity contribution is 5.00. The minimum atomic E-state index is 0.472. The summed E-state index contributed by atoms with van der Waals surface area (Å²) in [5, 5.41) is 0. The number of hydrogen-bond donors (Lipinski definition) is 0. The monoisotopic (exact) mass is 194 g/mol. The van der Waals surface area contributed by atoms with Gasteiger partial charge in [0.2, 0.25) is 0 Å². The van der Waals surface area contributed by atoms with Crippen molar-refractivity contribution in [2.24, 2.45) is 5.41 Å². The van der Waals surface area contributed by atoms with Crippen LogP contribution in [-0.4, -0.2) is 0 Å². The van der Waals surface area contributed by atoms with Gasteiger partial charge in [-0.2, -0.15) is 0 Å². The van der Waals surface area contributed by atoms with Gasteiger partial charge in [0.05, 0.1) is 0 Å². The topological polar surface area (TPSA) is 0 Å². The molecule has 0 nitrogen and oxygen atoms in total. The fourth-order valence-electron chi connectivity index (χ4n) is 1.33. The van der Waals surface area contributed by atoms with Gasteiger partial charge in [-0.3, -0.25) is 0 Å². The lowest BCUT2D eigenvalue weighted by Gasteiger charge is -2.16. The Hall–Kier alpha value is -0.520. The van der Waals surface area contributed by atoms with Crippen molar-refractivity contribution < 1.29 is 0 Å². The van der Waals surface area contributed by atoms with Gasteiger partial charge in [0.25, 0.3) is 0 Å². The van der Waals surface area contributed by atoms with Crippen LogP contribution in [0.4, 0.5) is 0 Å². The van der Waals surface area contributed by atoms with E-state index in [0.29, 0.717) is 5.41 Å². The van der Waals surface area contributed by atoms with Gasteiger partial charge < -0.3 is 0 Å². The Morgan fingerprint density at radius 3 is 2.29 bits per heavy atom. The van der Waals surface area contributed by atoms with Gasteiger partial charge >= 0.3 is 0 Å². The SMILES string of the molecule is CC=CCCC(C)=CCCC(C)(C)C. The molecule has 0 amide bonds. The summed E-state index contributed by atoms with van der Waals surface area (Å²) >= 11 is 0. The van der Waals surface area contributed by atoms with Crippen molar-refractivity contribution in [2.45, 2.75) is 60.3 Å². The Morgan fingerprint density at radius 2 is 1.79 bits per heavy atom. The van der Waals surface area contributed by atoms with Crippen LogP contribution in [0.15, 0.2) is 23.8 Å². The number of hydrogen-bond acceptors (Lipinski definition) is 0. The molecule has 0 aliphatic rings. The lowest BCUT2D eigenvalue weighted by atomic mass is 9.90. The fourth-order valence-corrected chi connectivity index (χ4v) is 1.33. The average Bonchev–Trinajstić information content (AvgIpc) is 2.02. The molecule has 0 aliphatic carbocycles. The van der Waals surface area contributed by atoms with Crippen LogP contribution in [0.25, 0.3) is 0 Å². The fraction of sp³-hybridized carbons (Fsp3) is 0.714. The molecule has 0 aromatic carbocycles. The first-order valence-electron chi connectivity index (χ1n) is 5.72. The molecule has 0 aromatic rings. The summed E-state index contributed by atoms with van der Waals surface area (Å²) in [5.41, 5.74) is 2.01. The third kappa shape index (κ3) is 9.57. The van der Waals surface area contributed by atoms with E-state index < -0.39 is 0 Å². The van der Waals surface area contributed by atoms with Crippen LogP contribution < -0.4 is 0 Å². The molecule has 14 heavy (non-hydrogen) atoms. The lowest BCUT2D eigenvalue weighted by Crippen LogP contribution is -2.03. The predicted octanol–water partition coefficient (Wildman–Crippen LogP) is 5.12. The minimum Gasteiger partial charge on any atom is -0.0917 e. The summed E-state index contributed by atoms with van der Waals surface area (Å²) in [6, 6.07) is 0. The molecule has 82 valence electrons. The minimum absolute atomic E-state index is 0.472. The maximum absolute atomic E-state index is 2.40. The number of rotatable bonds is 5. The molecule has 0 fully saturated rings. The third-order valence-electron chi connectivity index (χ3n) is 2.33. The molecular weight excluding hydrogens is 168 g/mol. The molecule has 0 saturated carbocycles. The van der Waals surface area contributed by atoms with E-state index in [4.69, 9.17) is 0 Å². The van der Waals surface area contributed by atoms with Crippen molar-refractivity contribution in [3.8, 4) is 0 Å². The zero-order chi connectivity index (χ0) is 11.0. The molecule has 0 unspecified atom stereocenters. The van der Waals surface area contributed by atoms with E-state index in [1.54, 1.807) is 0 Å². The van der Waals surface area contributed by atoms with Crippen molar-refractivity contribution >= 4 is 0 Å². The summed E-state index contributed by atoms with van der Waals surface area (Å²) in [7, 11) is 0. The molecule has 0 aliphatic heterocycles. The first-order valence-corrected chi connectivity index (χ1v) is 5.72. The maximum Gasteiger partial charge on any atom is -0.0288 e. The highest BCUT2D eigenvalue weighted by Crippen LogP contribution is 2.21. The van der Waals surface area contributed by atoms with E-state index in [9.17, 15) is 0 Å². The molecule has 0 heterocycles.